The van der Waals surface area contributed by atoms with E-state index in [1.54, 1.807) is 0 Å². The molecule has 45 heavy (non-hydrogen) atoms. The summed E-state index contributed by atoms with van der Waals surface area (Å²) in [5.41, 5.74) is -0.0778. The highest BCUT2D eigenvalue weighted by molar-refractivity contribution is 6.03. The number of nitrogens with zero attached hydrogens (tertiary/aromatic N) is 6. The SMILES string of the molecule is C#Cc1c(F)ccc2cc(O)cc(-c3ncc4c(N5C[C@H]6CC[C@@H](C5)N6C(=O)C=C)nc(OCC5CCCN5C)nc4c3F)c12. The number of hydrogen-bond acceptors (Lipinski definition) is 8. The fourth-order valence-corrected chi connectivity index (χ4v) is 7.17. The smallest absolute Gasteiger partial charge is 0.319 e. The monoisotopic (exact) mass is 610 g/mol. The van der Waals surface area contributed by atoms with Crippen LogP contribution < -0.4 is 9.64 Å². The van der Waals surface area contributed by atoms with Crippen LogP contribution in [0.5, 0.6) is 11.8 Å². The minimum Gasteiger partial charge on any atom is -0.508 e. The first-order valence-corrected chi connectivity index (χ1v) is 15.1. The van der Waals surface area contributed by atoms with Crippen LogP contribution in [0.2, 0.25) is 0 Å². The van der Waals surface area contributed by atoms with Crippen molar-refractivity contribution in [1.82, 2.24) is 24.8 Å². The van der Waals surface area contributed by atoms with E-state index in [0.29, 0.717) is 36.3 Å². The first-order valence-electron chi connectivity index (χ1n) is 15.1. The number of carbonyl (C=O) groups excluding carboxylic acids is 1. The molecule has 2 aromatic carbocycles. The Kier molecular flexibility index (Phi) is 7.25. The van der Waals surface area contributed by atoms with Crippen molar-refractivity contribution in [2.24, 2.45) is 0 Å². The van der Waals surface area contributed by atoms with Gasteiger partial charge in [0, 0.05) is 48.4 Å². The molecule has 2 aromatic heterocycles. The predicted molar refractivity (Wildman–Crippen MR) is 167 cm³/mol. The highest BCUT2D eigenvalue weighted by Gasteiger charge is 2.42. The fourth-order valence-electron chi connectivity index (χ4n) is 7.17. The Bertz CT molecular complexity index is 1900. The zero-order chi connectivity index (χ0) is 31.4. The second kappa shape index (κ2) is 11.3. The highest BCUT2D eigenvalue weighted by atomic mass is 19.1. The van der Waals surface area contributed by atoms with Gasteiger partial charge >= 0.3 is 6.01 Å². The number of terminal acetylenes is 1. The summed E-state index contributed by atoms with van der Waals surface area (Å²) in [6.45, 7) is 5.97. The second-order valence-corrected chi connectivity index (χ2v) is 12.0. The molecule has 1 unspecified atom stereocenters. The molecule has 3 aliphatic heterocycles. The van der Waals surface area contributed by atoms with Gasteiger partial charge in [-0.3, -0.25) is 9.78 Å². The number of phenolic OH excluding ortho intramolecular Hbond substituents is 1. The predicted octanol–water partition coefficient (Wildman–Crippen LogP) is 4.65. The van der Waals surface area contributed by atoms with E-state index in [9.17, 15) is 14.3 Å². The van der Waals surface area contributed by atoms with Crippen molar-refractivity contribution >= 4 is 33.4 Å². The van der Waals surface area contributed by atoms with Gasteiger partial charge in [-0.2, -0.15) is 9.97 Å². The number of aromatic nitrogens is 3. The number of fused-ring (bicyclic) bond motifs is 4. The number of anilines is 1. The number of ether oxygens (including phenoxy) is 1. The molecule has 3 saturated heterocycles. The minimum absolute atomic E-state index is 0.0214. The molecule has 230 valence electrons. The molecule has 4 aromatic rings. The minimum atomic E-state index is -0.776. The van der Waals surface area contributed by atoms with E-state index < -0.39 is 11.6 Å². The Morgan fingerprint density at radius 2 is 1.98 bits per heavy atom. The van der Waals surface area contributed by atoms with E-state index in [1.165, 1.54) is 36.5 Å². The van der Waals surface area contributed by atoms with Crippen molar-refractivity contribution < 1.29 is 23.4 Å². The van der Waals surface area contributed by atoms with Crippen molar-refractivity contribution in [1.29, 1.82) is 0 Å². The summed E-state index contributed by atoms with van der Waals surface area (Å²) in [5, 5.41) is 11.6. The Morgan fingerprint density at radius 1 is 1.20 bits per heavy atom. The van der Waals surface area contributed by atoms with E-state index >= 15 is 4.39 Å². The van der Waals surface area contributed by atoms with Gasteiger partial charge in [-0.15, -0.1) is 6.42 Å². The molecule has 5 heterocycles. The van der Waals surface area contributed by atoms with Crippen LogP contribution in [-0.2, 0) is 4.79 Å². The van der Waals surface area contributed by atoms with Crippen LogP contribution in [0, 0.1) is 24.0 Å². The molecular formula is C34H32F2N6O3. The van der Waals surface area contributed by atoms with Gasteiger partial charge in [0.25, 0.3) is 0 Å². The summed E-state index contributed by atoms with van der Waals surface area (Å²) in [4.78, 5) is 32.5. The lowest BCUT2D eigenvalue weighted by atomic mass is 9.96. The molecule has 0 aliphatic carbocycles. The Balaban J connectivity index is 1.37. The van der Waals surface area contributed by atoms with Crippen molar-refractivity contribution in [2.45, 2.75) is 43.8 Å². The van der Waals surface area contributed by atoms with E-state index in [-0.39, 0.29) is 63.5 Å². The van der Waals surface area contributed by atoms with E-state index in [4.69, 9.17) is 16.1 Å². The van der Waals surface area contributed by atoms with Crippen molar-refractivity contribution in [2.75, 3.05) is 38.2 Å². The van der Waals surface area contributed by atoms with Crippen molar-refractivity contribution in [3.05, 3.63) is 60.3 Å². The average molecular weight is 611 g/mol. The van der Waals surface area contributed by atoms with E-state index in [0.717, 1.165) is 32.2 Å². The number of halogens is 2. The molecule has 9 nitrogen and oxygen atoms in total. The number of rotatable bonds is 6. The average Bonchev–Trinajstić information content (AvgIpc) is 3.57. The number of amides is 1. The summed E-state index contributed by atoms with van der Waals surface area (Å²) in [6, 6.07) is 5.59. The fraction of sp³-hybridized carbons (Fsp3) is 0.353. The number of phenols is 1. The molecule has 0 spiro atoms. The van der Waals surface area contributed by atoms with Crippen LogP contribution in [0.3, 0.4) is 0 Å². The van der Waals surface area contributed by atoms with Gasteiger partial charge in [0.1, 0.15) is 35.2 Å². The standard InChI is InChI=1S/C34H32F2N6O3/c1-4-24-27(35)11-8-19-13-23(43)14-25(29(19)24)31-30(36)32-26(15-37-31)33(39-34(38-32)45-18-22-7-6-12-40(22)3)41-16-20-9-10-21(17-41)42(20)28(44)5-2/h1,5,8,11,13-15,20-22,43H,2,6-7,9-10,12,16-18H2,3H3/t20-,21+,22?. The Morgan fingerprint density at radius 3 is 2.67 bits per heavy atom. The number of pyridine rings is 1. The third-order valence-electron chi connectivity index (χ3n) is 9.38. The summed E-state index contributed by atoms with van der Waals surface area (Å²) in [5.74, 6) is 1.17. The molecule has 2 bridgehead atoms. The maximum atomic E-state index is 16.7. The summed E-state index contributed by atoms with van der Waals surface area (Å²) >= 11 is 0. The first kappa shape index (κ1) is 28.9. The Labute approximate surface area is 259 Å². The number of carbonyl (C=O) groups is 1. The zero-order valence-electron chi connectivity index (χ0n) is 24.8. The lowest BCUT2D eigenvalue weighted by Crippen LogP contribution is -2.55. The lowest BCUT2D eigenvalue weighted by molar-refractivity contribution is -0.129. The molecule has 1 N–H and O–H groups in total. The van der Waals surface area contributed by atoms with Crippen LogP contribution in [-0.4, -0.2) is 87.2 Å². The number of aromatic hydroxyl groups is 1. The number of piperazine rings is 1. The van der Waals surface area contributed by atoms with Gasteiger partial charge in [0.05, 0.1) is 10.9 Å². The number of hydrogen-bond donors (Lipinski definition) is 1. The van der Waals surface area contributed by atoms with Crippen LogP contribution >= 0.6 is 0 Å². The maximum absolute atomic E-state index is 16.7. The van der Waals surface area contributed by atoms with Gasteiger partial charge in [-0.1, -0.05) is 18.6 Å². The topological polar surface area (TPSA) is 94.9 Å². The molecular weight excluding hydrogens is 578 g/mol. The van der Waals surface area contributed by atoms with Gasteiger partial charge < -0.3 is 24.5 Å². The number of benzene rings is 2. The normalized spacial score (nSPS) is 21.4. The van der Waals surface area contributed by atoms with Crippen LogP contribution in [0.4, 0.5) is 14.6 Å². The molecule has 11 heteroatoms. The van der Waals surface area contributed by atoms with Crippen LogP contribution in [0.15, 0.2) is 43.1 Å². The summed E-state index contributed by atoms with van der Waals surface area (Å²) < 4.78 is 37.6. The summed E-state index contributed by atoms with van der Waals surface area (Å²) in [6.07, 6.45) is 12.2. The Hall–Kier alpha value is -4.82. The van der Waals surface area contributed by atoms with Gasteiger partial charge in [-0.05, 0) is 68.9 Å². The van der Waals surface area contributed by atoms with Gasteiger partial charge in [-0.25, -0.2) is 8.78 Å². The molecule has 3 aliphatic rings. The number of likely N-dealkylation sites (tertiary alicyclic amines) is 1. The second-order valence-electron chi connectivity index (χ2n) is 12.0. The van der Waals surface area contributed by atoms with E-state index in [1.807, 2.05) is 16.8 Å². The quantitative estimate of drug-likeness (QED) is 0.249. The van der Waals surface area contributed by atoms with Crippen LogP contribution in [0.25, 0.3) is 32.9 Å². The van der Waals surface area contributed by atoms with Crippen LogP contribution in [0.1, 0.15) is 31.2 Å². The lowest BCUT2D eigenvalue weighted by Gasteiger charge is -2.41. The van der Waals surface area contributed by atoms with Gasteiger partial charge in [0.2, 0.25) is 5.91 Å². The largest absolute Gasteiger partial charge is 0.508 e. The van der Waals surface area contributed by atoms with Crippen molar-refractivity contribution in [3.63, 3.8) is 0 Å². The third kappa shape index (κ3) is 4.90. The van der Waals surface area contributed by atoms with Gasteiger partial charge in [0.15, 0.2) is 5.82 Å². The molecule has 0 saturated carbocycles. The molecule has 0 radical (unpaired) electrons. The molecule has 1 amide bonds. The maximum Gasteiger partial charge on any atom is 0.319 e. The van der Waals surface area contributed by atoms with Crippen molar-refractivity contribution in [3.8, 4) is 35.4 Å². The summed E-state index contributed by atoms with van der Waals surface area (Å²) in [7, 11) is 2.04. The third-order valence-corrected chi connectivity index (χ3v) is 9.38. The number of likely N-dealkylation sites (N-methyl/N-ethyl adjacent to an activating group) is 1. The zero-order valence-corrected chi connectivity index (χ0v) is 24.8. The first-order chi connectivity index (χ1) is 21.8. The molecule has 7 rings (SSSR count). The molecule has 3 fully saturated rings. The highest BCUT2D eigenvalue weighted by Crippen LogP contribution is 2.40. The van der Waals surface area contributed by atoms with E-state index in [2.05, 4.69) is 27.4 Å². The molecule has 3 atom stereocenters.